The highest BCUT2D eigenvalue weighted by molar-refractivity contribution is 5.88. The van der Waals surface area contributed by atoms with E-state index in [2.05, 4.69) is 25.3 Å². The third kappa shape index (κ3) is 2.59. The number of aryl methyl sites for hydroxylation is 2. The van der Waals surface area contributed by atoms with Crippen molar-refractivity contribution in [2.45, 2.75) is 32.5 Å². The number of fused-ring (bicyclic) bond motifs is 3. The highest BCUT2D eigenvalue weighted by atomic mass is 19.4. The van der Waals surface area contributed by atoms with Crippen LogP contribution in [0, 0.1) is 6.92 Å². The van der Waals surface area contributed by atoms with Gasteiger partial charge < -0.3 is 0 Å². The molecule has 4 aromatic rings. The average Bonchev–Trinajstić information content (AvgIpc) is 3.24. The molecule has 0 spiro atoms. The molecule has 4 rings (SSSR count). The summed E-state index contributed by atoms with van der Waals surface area (Å²) in [4.78, 5) is 8.82. The standard InChI is InChI=1S/C15H15F3N8/c1-8(6-25-9(2)4-11(22-25)15(16,17)18)12-21-14-10-5-20-24(3)13(10)19-7-26(14)23-12/h4-5,7-8H,6H2,1-3H3/t8-/m1/s1. The molecule has 0 aliphatic heterocycles. The predicted molar refractivity (Wildman–Crippen MR) is 85.4 cm³/mol. The van der Waals surface area contributed by atoms with Crippen LogP contribution in [0.25, 0.3) is 16.7 Å². The van der Waals surface area contributed by atoms with Crippen LogP contribution in [0.3, 0.4) is 0 Å². The Kier molecular flexibility index (Phi) is 3.49. The summed E-state index contributed by atoms with van der Waals surface area (Å²) >= 11 is 0. The van der Waals surface area contributed by atoms with Gasteiger partial charge in [-0.3, -0.25) is 9.36 Å². The van der Waals surface area contributed by atoms with Gasteiger partial charge in [-0.25, -0.2) is 14.5 Å². The quantitative estimate of drug-likeness (QED) is 0.558. The van der Waals surface area contributed by atoms with Gasteiger partial charge >= 0.3 is 6.18 Å². The van der Waals surface area contributed by atoms with Crippen molar-refractivity contribution in [1.29, 1.82) is 0 Å². The van der Waals surface area contributed by atoms with Crippen LogP contribution in [-0.2, 0) is 19.8 Å². The Hall–Kier alpha value is -2.98. The maximum atomic E-state index is 12.8. The van der Waals surface area contributed by atoms with Crippen LogP contribution in [0.15, 0.2) is 18.6 Å². The van der Waals surface area contributed by atoms with E-state index in [1.165, 1.54) is 4.68 Å². The first-order valence-corrected chi connectivity index (χ1v) is 7.88. The highest BCUT2D eigenvalue weighted by Gasteiger charge is 2.34. The minimum atomic E-state index is -4.46. The lowest BCUT2D eigenvalue weighted by Gasteiger charge is -2.09. The second-order valence-corrected chi connectivity index (χ2v) is 6.24. The van der Waals surface area contributed by atoms with Crippen LogP contribution in [0.5, 0.6) is 0 Å². The third-order valence-electron chi connectivity index (χ3n) is 4.24. The Bertz CT molecular complexity index is 1100. The van der Waals surface area contributed by atoms with Crippen LogP contribution in [-0.4, -0.2) is 39.1 Å². The van der Waals surface area contributed by atoms with Crippen molar-refractivity contribution in [2.24, 2.45) is 7.05 Å². The summed E-state index contributed by atoms with van der Waals surface area (Å²) in [5.41, 5.74) is 0.829. The average molecular weight is 364 g/mol. The number of nitrogens with zero attached hydrogens (tertiary/aromatic N) is 8. The fourth-order valence-electron chi connectivity index (χ4n) is 2.84. The fraction of sp³-hybridized carbons (Fsp3) is 0.400. The zero-order valence-electron chi connectivity index (χ0n) is 14.2. The van der Waals surface area contributed by atoms with E-state index in [1.54, 1.807) is 35.7 Å². The Morgan fingerprint density at radius 3 is 2.65 bits per heavy atom. The molecule has 0 unspecified atom stereocenters. The van der Waals surface area contributed by atoms with Gasteiger partial charge in [0, 0.05) is 18.7 Å². The third-order valence-corrected chi connectivity index (χ3v) is 4.24. The minimum Gasteiger partial charge on any atom is -0.269 e. The zero-order valence-corrected chi connectivity index (χ0v) is 14.2. The molecule has 1 atom stereocenters. The van der Waals surface area contributed by atoms with Gasteiger partial charge in [0.25, 0.3) is 0 Å². The molecule has 0 amide bonds. The van der Waals surface area contributed by atoms with Crippen LogP contribution in [0.2, 0.25) is 0 Å². The van der Waals surface area contributed by atoms with E-state index >= 15 is 0 Å². The van der Waals surface area contributed by atoms with Gasteiger partial charge in [0.05, 0.1) is 18.1 Å². The van der Waals surface area contributed by atoms with Crippen LogP contribution < -0.4 is 0 Å². The molecule has 0 aliphatic rings. The van der Waals surface area contributed by atoms with Crippen molar-refractivity contribution in [3.63, 3.8) is 0 Å². The second-order valence-electron chi connectivity index (χ2n) is 6.24. The molecule has 0 bridgehead atoms. The molecule has 0 saturated carbocycles. The van der Waals surface area contributed by atoms with Gasteiger partial charge in [0.2, 0.25) is 0 Å². The van der Waals surface area contributed by atoms with E-state index in [9.17, 15) is 13.2 Å². The van der Waals surface area contributed by atoms with Crippen molar-refractivity contribution in [3.8, 4) is 0 Å². The first kappa shape index (κ1) is 16.5. The molecule has 0 fully saturated rings. The van der Waals surface area contributed by atoms with Crippen molar-refractivity contribution in [3.05, 3.63) is 35.8 Å². The van der Waals surface area contributed by atoms with Gasteiger partial charge in [-0.15, -0.1) is 5.10 Å². The Morgan fingerprint density at radius 2 is 1.96 bits per heavy atom. The summed E-state index contributed by atoms with van der Waals surface area (Å²) in [6.45, 7) is 3.68. The molecule has 26 heavy (non-hydrogen) atoms. The van der Waals surface area contributed by atoms with Gasteiger partial charge in [-0.1, -0.05) is 6.92 Å². The van der Waals surface area contributed by atoms with E-state index in [0.717, 1.165) is 11.5 Å². The number of halogens is 3. The SMILES string of the molecule is Cc1cc(C(F)(F)F)nn1C[C@@H](C)c1nc2c3cnn(C)c3ncn2n1. The van der Waals surface area contributed by atoms with Crippen molar-refractivity contribution < 1.29 is 13.2 Å². The smallest absolute Gasteiger partial charge is 0.269 e. The lowest BCUT2D eigenvalue weighted by Crippen LogP contribution is -2.12. The zero-order chi connectivity index (χ0) is 18.6. The normalized spacial score (nSPS) is 13.8. The molecule has 11 heteroatoms. The van der Waals surface area contributed by atoms with Crippen molar-refractivity contribution in [2.75, 3.05) is 0 Å². The number of alkyl halides is 3. The molecule has 8 nitrogen and oxygen atoms in total. The monoisotopic (exact) mass is 364 g/mol. The van der Waals surface area contributed by atoms with E-state index in [4.69, 9.17) is 0 Å². The van der Waals surface area contributed by atoms with Gasteiger partial charge in [-0.05, 0) is 13.0 Å². The second kappa shape index (κ2) is 5.51. The first-order chi connectivity index (χ1) is 12.2. The number of aromatic nitrogens is 8. The number of hydrogen-bond donors (Lipinski definition) is 0. The van der Waals surface area contributed by atoms with Crippen molar-refractivity contribution in [1.82, 2.24) is 39.1 Å². The summed E-state index contributed by atoms with van der Waals surface area (Å²) in [5, 5.41) is 13.0. The maximum absolute atomic E-state index is 12.8. The minimum absolute atomic E-state index is 0.235. The molecular weight excluding hydrogens is 349 g/mol. The van der Waals surface area contributed by atoms with E-state index in [1.807, 2.05) is 6.92 Å². The Labute approximate surface area is 145 Å². The van der Waals surface area contributed by atoms with Crippen LogP contribution in [0.1, 0.15) is 30.1 Å². The molecular formula is C15H15F3N8. The first-order valence-electron chi connectivity index (χ1n) is 7.88. The number of rotatable bonds is 3. The summed E-state index contributed by atoms with van der Waals surface area (Å²) in [6, 6.07) is 1.03. The lowest BCUT2D eigenvalue weighted by molar-refractivity contribution is -0.141. The van der Waals surface area contributed by atoms with E-state index in [0.29, 0.717) is 22.8 Å². The summed E-state index contributed by atoms with van der Waals surface area (Å²) in [5.74, 6) is 0.271. The van der Waals surface area contributed by atoms with Crippen molar-refractivity contribution >= 4 is 16.7 Å². The van der Waals surface area contributed by atoms with E-state index < -0.39 is 11.9 Å². The fourth-order valence-corrected chi connectivity index (χ4v) is 2.84. The Balaban J connectivity index is 1.67. The topological polar surface area (TPSA) is 78.7 Å². The predicted octanol–water partition coefficient (Wildman–Crippen LogP) is 2.34. The molecule has 4 aromatic heterocycles. The maximum Gasteiger partial charge on any atom is 0.435 e. The number of hydrogen-bond acceptors (Lipinski definition) is 5. The molecule has 0 aliphatic carbocycles. The molecule has 0 saturated heterocycles. The largest absolute Gasteiger partial charge is 0.435 e. The Morgan fingerprint density at radius 1 is 1.19 bits per heavy atom. The summed E-state index contributed by atoms with van der Waals surface area (Å²) in [7, 11) is 1.78. The molecule has 0 N–H and O–H groups in total. The van der Waals surface area contributed by atoms with Gasteiger partial charge in [0.15, 0.2) is 22.8 Å². The summed E-state index contributed by atoms with van der Waals surface area (Å²) in [6.07, 6.45) is -1.25. The molecule has 0 radical (unpaired) electrons. The lowest BCUT2D eigenvalue weighted by atomic mass is 10.1. The van der Waals surface area contributed by atoms with E-state index in [-0.39, 0.29) is 12.5 Å². The highest BCUT2D eigenvalue weighted by Crippen LogP contribution is 2.29. The van der Waals surface area contributed by atoms with Crippen LogP contribution >= 0.6 is 0 Å². The van der Waals surface area contributed by atoms with Gasteiger partial charge in [0.1, 0.15) is 6.33 Å². The molecule has 4 heterocycles. The van der Waals surface area contributed by atoms with Crippen LogP contribution in [0.4, 0.5) is 13.2 Å². The van der Waals surface area contributed by atoms with Gasteiger partial charge in [-0.2, -0.15) is 23.4 Å². The summed E-state index contributed by atoms with van der Waals surface area (Å²) < 4.78 is 43.0. The molecule has 136 valence electrons. The molecule has 0 aromatic carbocycles.